The number of nitrogen functional groups attached to an aromatic ring is 1. The molecule has 0 spiro atoms. The van der Waals surface area contributed by atoms with E-state index in [1.54, 1.807) is 0 Å². The number of aliphatic hydroxyl groups is 2. The maximum atomic E-state index is 12.1. The van der Waals surface area contributed by atoms with Gasteiger partial charge >= 0.3 is 11.7 Å². The molecule has 1 aromatic heterocycles. The average Bonchev–Trinajstić information content (AvgIpc) is 2.95. The molecule has 28 heavy (non-hydrogen) atoms. The Labute approximate surface area is 160 Å². The van der Waals surface area contributed by atoms with Gasteiger partial charge < -0.3 is 31.2 Å². The van der Waals surface area contributed by atoms with Crippen LogP contribution >= 0.6 is 0 Å². The summed E-state index contributed by atoms with van der Waals surface area (Å²) < 4.78 is 11.6. The van der Waals surface area contributed by atoms with E-state index in [2.05, 4.69) is 4.98 Å². The molecule has 1 saturated heterocycles. The number of anilines is 1. The fraction of sp³-hybridized carbons (Fsp3) is 0.389. The van der Waals surface area contributed by atoms with Crippen LogP contribution in [0.1, 0.15) is 11.8 Å². The van der Waals surface area contributed by atoms with E-state index in [0.29, 0.717) is 6.42 Å². The number of rotatable bonds is 6. The molecule has 10 nitrogen and oxygen atoms in total. The first-order valence-electron chi connectivity index (χ1n) is 8.69. The summed E-state index contributed by atoms with van der Waals surface area (Å²) in [6.07, 6.45) is -3.40. The third-order valence-electron chi connectivity index (χ3n) is 4.45. The molecule has 6 N–H and O–H groups in total. The van der Waals surface area contributed by atoms with Gasteiger partial charge in [-0.2, -0.15) is 4.98 Å². The van der Waals surface area contributed by atoms with Crippen LogP contribution in [0.15, 0.2) is 47.4 Å². The Morgan fingerprint density at radius 2 is 1.96 bits per heavy atom. The van der Waals surface area contributed by atoms with E-state index >= 15 is 0 Å². The normalized spacial score (nSPS) is 25.4. The summed E-state index contributed by atoms with van der Waals surface area (Å²) in [6.45, 7) is -0.326. The highest BCUT2D eigenvalue weighted by Gasteiger charge is 2.44. The van der Waals surface area contributed by atoms with Gasteiger partial charge in [-0.05, 0) is 18.1 Å². The Morgan fingerprint density at radius 1 is 1.25 bits per heavy atom. The Morgan fingerprint density at radius 3 is 2.64 bits per heavy atom. The summed E-state index contributed by atoms with van der Waals surface area (Å²) in [7, 11) is 0. The number of nitrogens with two attached hydrogens (primary N) is 2. The molecule has 1 aliphatic heterocycles. The lowest BCUT2D eigenvalue weighted by molar-refractivity contribution is -0.151. The fourth-order valence-corrected chi connectivity index (χ4v) is 2.94. The van der Waals surface area contributed by atoms with Crippen LogP contribution < -0.4 is 17.2 Å². The monoisotopic (exact) mass is 390 g/mol. The highest BCUT2D eigenvalue weighted by Crippen LogP contribution is 2.28. The Bertz CT molecular complexity index is 874. The number of carbonyl (C=O) groups is 1. The number of ether oxygens (including phenoxy) is 2. The van der Waals surface area contributed by atoms with Crippen molar-refractivity contribution in [3.05, 3.63) is 58.6 Å². The lowest BCUT2D eigenvalue weighted by Crippen LogP contribution is -2.39. The smallest absolute Gasteiger partial charge is 0.351 e. The van der Waals surface area contributed by atoms with Crippen molar-refractivity contribution in [2.24, 2.45) is 5.73 Å². The zero-order valence-electron chi connectivity index (χ0n) is 14.9. The molecule has 1 fully saturated rings. The maximum absolute atomic E-state index is 12.1. The first kappa shape index (κ1) is 20.0. The molecule has 5 atom stereocenters. The molecule has 0 amide bonds. The van der Waals surface area contributed by atoms with Gasteiger partial charge in [-0.15, -0.1) is 0 Å². The van der Waals surface area contributed by atoms with Crippen LogP contribution in [0, 0.1) is 0 Å². The molecule has 0 bridgehead atoms. The van der Waals surface area contributed by atoms with E-state index in [4.69, 9.17) is 20.9 Å². The second-order valence-electron chi connectivity index (χ2n) is 6.51. The molecule has 2 heterocycles. The minimum absolute atomic E-state index is 0.0205. The average molecular weight is 390 g/mol. The van der Waals surface area contributed by atoms with E-state index < -0.39 is 42.2 Å². The van der Waals surface area contributed by atoms with E-state index in [0.717, 1.165) is 10.1 Å². The molecule has 2 unspecified atom stereocenters. The first-order chi connectivity index (χ1) is 13.4. The molecule has 10 heteroatoms. The fourth-order valence-electron chi connectivity index (χ4n) is 2.94. The number of carbonyl (C=O) groups excluding carboxylic acids is 1. The highest BCUT2D eigenvalue weighted by atomic mass is 16.6. The molecule has 0 saturated carbocycles. The maximum Gasteiger partial charge on any atom is 0.351 e. The molecule has 1 aromatic carbocycles. The zero-order valence-corrected chi connectivity index (χ0v) is 14.9. The summed E-state index contributed by atoms with van der Waals surface area (Å²) in [6, 6.07) is 9.70. The summed E-state index contributed by atoms with van der Waals surface area (Å²) >= 11 is 0. The summed E-state index contributed by atoms with van der Waals surface area (Å²) in [5.41, 5.74) is 11.4. The summed E-state index contributed by atoms with van der Waals surface area (Å²) in [5.74, 6) is -0.643. The van der Waals surface area contributed by atoms with Crippen molar-refractivity contribution in [1.29, 1.82) is 0 Å². The number of nitrogens with zero attached hydrogens (tertiary/aromatic N) is 2. The van der Waals surface area contributed by atoms with Crippen molar-refractivity contribution in [2.45, 2.75) is 37.0 Å². The lowest BCUT2D eigenvalue weighted by atomic mass is 10.1. The van der Waals surface area contributed by atoms with Crippen LogP contribution in [0.25, 0.3) is 0 Å². The molecule has 0 aliphatic carbocycles. The number of hydrogen-bond acceptors (Lipinski definition) is 9. The van der Waals surface area contributed by atoms with Gasteiger partial charge in [0.05, 0.1) is 0 Å². The second kappa shape index (κ2) is 8.48. The van der Waals surface area contributed by atoms with Gasteiger partial charge in [-0.1, -0.05) is 30.3 Å². The van der Waals surface area contributed by atoms with Crippen LogP contribution in [-0.4, -0.2) is 56.7 Å². The minimum Gasteiger partial charge on any atom is -0.462 e. The number of hydrogen-bond donors (Lipinski definition) is 4. The van der Waals surface area contributed by atoms with E-state index in [9.17, 15) is 19.8 Å². The van der Waals surface area contributed by atoms with Crippen molar-refractivity contribution < 1.29 is 24.5 Å². The predicted molar refractivity (Wildman–Crippen MR) is 97.9 cm³/mol. The van der Waals surface area contributed by atoms with Gasteiger partial charge in [0, 0.05) is 6.20 Å². The molecule has 150 valence electrons. The Kier molecular flexibility index (Phi) is 6.05. The minimum atomic E-state index is -1.41. The predicted octanol–water partition coefficient (Wildman–Crippen LogP) is -1.44. The summed E-state index contributed by atoms with van der Waals surface area (Å²) in [5, 5.41) is 20.3. The largest absolute Gasteiger partial charge is 0.462 e. The van der Waals surface area contributed by atoms with Crippen molar-refractivity contribution in [3.63, 3.8) is 0 Å². The van der Waals surface area contributed by atoms with Crippen LogP contribution in [-0.2, 0) is 20.7 Å². The number of aliphatic hydroxyl groups excluding tert-OH is 2. The van der Waals surface area contributed by atoms with Crippen LogP contribution in [0.4, 0.5) is 5.82 Å². The van der Waals surface area contributed by atoms with Crippen molar-refractivity contribution >= 4 is 11.8 Å². The van der Waals surface area contributed by atoms with Crippen molar-refractivity contribution in [1.82, 2.24) is 9.55 Å². The Balaban J connectivity index is 1.58. The second-order valence-corrected chi connectivity index (χ2v) is 6.51. The van der Waals surface area contributed by atoms with E-state index in [1.165, 1.54) is 12.3 Å². The quantitative estimate of drug-likeness (QED) is 0.432. The number of esters is 1. The van der Waals surface area contributed by atoms with Gasteiger partial charge in [0.15, 0.2) is 6.23 Å². The number of benzene rings is 1. The Hall–Kier alpha value is -2.79. The van der Waals surface area contributed by atoms with Gasteiger partial charge in [-0.25, -0.2) is 4.79 Å². The van der Waals surface area contributed by atoms with Crippen LogP contribution in [0.5, 0.6) is 0 Å². The molecule has 3 rings (SSSR count). The van der Waals surface area contributed by atoms with Gasteiger partial charge in [0.25, 0.3) is 0 Å². The summed E-state index contributed by atoms with van der Waals surface area (Å²) in [4.78, 5) is 27.6. The standard InChI is InChI=1S/C18H22N4O6/c19-11(8-10-4-2-1-3-5-10)17(25)27-9-12-14(23)15(24)16(28-12)22-7-6-13(20)21-18(22)26/h1-7,11-12,14-16,23-24H,8-9,19H2,(H2,20,21,26)/t11-,12+,14?,15?,16+/m0/s1. The molecule has 0 radical (unpaired) electrons. The third kappa shape index (κ3) is 4.37. The first-order valence-corrected chi connectivity index (χ1v) is 8.69. The van der Waals surface area contributed by atoms with E-state index in [-0.39, 0.29) is 12.4 Å². The molecular formula is C18H22N4O6. The lowest BCUT2D eigenvalue weighted by Gasteiger charge is -2.17. The van der Waals surface area contributed by atoms with Crippen LogP contribution in [0.2, 0.25) is 0 Å². The van der Waals surface area contributed by atoms with Crippen LogP contribution in [0.3, 0.4) is 0 Å². The third-order valence-corrected chi connectivity index (χ3v) is 4.45. The number of aromatic nitrogens is 2. The topological polar surface area (TPSA) is 163 Å². The van der Waals surface area contributed by atoms with Crippen molar-refractivity contribution in [2.75, 3.05) is 12.3 Å². The zero-order chi connectivity index (χ0) is 20.3. The van der Waals surface area contributed by atoms with Gasteiger partial charge in [0.2, 0.25) is 0 Å². The molecular weight excluding hydrogens is 368 g/mol. The van der Waals surface area contributed by atoms with E-state index in [1.807, 2.05) is 30.3 Å². The molecule has 1 aliphatic rings. The van der Waals surface area contributed by atoms with Crippen molar-refractivity contribution in [3.8, 4) is 0 Å². The molecule has 2 aromatic rings. The highest BCUT2D eigenvalue weighted by molar-refractivity contribution is 5.75. The van der Waals surface area contributed by atoms with Gasteiger partial charge in [0.1, 0.15) is 36.8 Å². The SMILES string of the molecule is Nc1ccn([C@@H]2O[C@H](COC(=O)[C@@H](N)Cc3ccccc3)C(O)C2O)c(=O)n1. The van der Waals surface area contributed by atoms with Gasteiger partial charge in [-0.3, -0.25) is 9.36 Å².